The van der Waals surface area contributed by atoms with Crippen LogP contribution in [-0.2, 0) is 21.7 Å². The predicted octanol–water partition coefficient (Wildman–Crippen LogP) is 5.04. The Balaban J connectivity index is 1.69. The van der Waals surface area contributed by atoms with Gasteiger partial charge in [-0.3, -0.25) is 0 Å². The van der Waals surface area contributed by atoms with Crippen molar-refractivity contribution in [1.29, 1.82) is 0 Å². The van der Waals surface area contributed by atoms with Gasteiger partial charge in [0, 0.05) is 18.0 Å². The number of imidazole rings is 1. The van der Waals surface area contributed by atoms with Crippen molar-refractivity contribution < 1.29 is 14.2 Å². The summed E-state index contributed by atoms with van der Waals surface area (Å²) in [5.41, 5.74) is 3.13. The van der Waals surface area contributed by atoms with Crippen molar-refractivity contribution in [2.24, 2.45) is 0 Å². The maximum absolute atomic E-state index is 6.43. The molecule has 5 heteroatoms. The number of ether oxygens (including phenoxy) is 3. The molecule has 2 heterocycles. The second kappa shape index (κ2) is 7.78. The van der Waals surface area contributed by atoms with Crippen LogP contribution in [0.4, 0.5) is 0 Å². The summed E-state index contributed by atoms with van der Waals surface area (Å²) in [6.45, 7) is 6.82. The Kier molecular flexibility index (Phi) is 5.20. The number of H-pyrrole nitrogens is 1. The minimum absolute atomic E-state index is 0.0786. The summed E-state index contributed by atoms with van der Waals surface area (Å²) < 4.78 is 18.8. The number of nitrogens with zero attached hydrogens (tertiary/aromatic N) is 1. The number of aromatic nitrogens is 2. The molecular weight excluding hydrogens is 352 g/mol. The number of hydrogen-bond acceptors (Lipinski definition) is 4. The minimum Gasteiger partial charge on any atom is -0.457 e. The first-order valence-electron chi connectivity index (χ1n) is 9.74. The highest BCUT2D eigenvalue weighted by atomic mass is 16.7. The van der Waals surface area contributed by atoms with Crippen molar-refractivity contribution in [2.45, 2.75) is 45.5 Å². The van der Waals surface area contributed by atoms with E-state index in [0.717, 1.165) is 40.4 Å². The molecule has 0 bridgehead atoms. The third kappa shape index (κ3) is 3.68. The molecule has 0 aliphatic carbocycles. The van der Waals surface area contributed by atoms with Gasteiger partial charge in [-0.05, 0) is 55.7 Å². The molecule has 1 saturated heterocycles. The number of hydrogen-bond donors (Lipinski definition) is 1. The van der Waals surface area contributed by atoms with Crippen LogP contribution >= 0.6 is 0 Å². The highest BCUT2D eigenvalue weighted by Gasteiger charge is 2.44. The molecule has 2 unspecified atom stereocenters. The summed E-state index contributed by atoms with van der Waals surface area (Å²) in [5.74, 6) is 1.67. The van der Waals surface area contributed by atoms with E-state index in [1.165, 1.54) is 0 Å². The average Bonchev–Trinajstić information content (AvgIpc) is 3.36. The Bertz CT molecular complexity index is 925. The van der Waals surface area contributed by atoms with Crippen molar-refractivity contribution in [3.8, 4) is 11.5 Å². The molecule has 5 nitrogen and oxygen atoms in total. The molecule has 4 rings (SSSR count). The third-order valence-electron chi connectivity index (χ3n) is 5.17. The number of para-hydroxylation sites is 1. The Hall–Kier alpha value is -2.63. The lowest BCUT2D eigenvalue weighted by Crippen LogP contribution is -2.32. The highest BCUT2D eigenvalue weighted by Crippen LogP contribution is 2.41. The van der Waals surface area contributed by atoms with Crippen LogP contribution in [-0.4, -0.2) is 22.7 Å². The monoisotopic (exact) mass is 378 g/mol. The quantitative estimate of drug-likeness (QED) is 0.653. The van der Waals surface area contributed by atoms with Crippen molar-refractivity contribution in [1.82, 2.24) is 9.97 Å². The molecule has 0 amide bonds. The van der Waals surface area contributed by atoms with Crippen LogP contribution in [0.15, 0.2) is 54.9 Å². The van der Waals surface area contributed by atoms with Crippen LogP contribution in [0.25, 0.3) is 0 Å². The molecule has 28 heavy (non-hydrogen) atoms. The first-order valence-corrected chi connectivity index (χ1v) is 9.74. The average molecular weight is 378 g/mol. The fraction of sp³-hybridized carbons (Fsp3) is 0.348. The summed E-state index contributed by atoms with van der Waals surface area (Å²) in [6.07, 6.45) is 5.10. The fourth-order valence-electron chi connectivity index (χ4n) is 3.64. The van der Waals surface area contributed by atoms with Crippen LogP contribution in [0.1, 0.15) is 35.9 Å². The Morgan fingerprint density at radius 1 is 1.18 bits per heavy atom. The topological polar surface area (TPSA) is 56.4 Å². The molecule has 0 spiro atoms. The third-order valence-corrected chi connectivity index (χ3v) is 5.17. The van der Waals surface area contributed by atoms with E-state index in [0.29, 0.717) is 13.0 Å². The van der Waals surface area contributed by atoms with Crippen LogP contribution in [0.3, 0.4) is 0 Å². The maximum Gasteiger partial charge on any atom is 0.202 e. The summed E-state index contributed by atoms with van der Waals surface area (Å²) in [4.78, 5) is 7.56. The number of benzene rings is 2. The van der Waals surface area contributed by atoms with E-state index in [2.05, 4.69) is 35.9 Å². The summed E-state index contributed by atoms with van der Waals surface area (Å²) in [5, 5.41) is 0. The smallest absolute Gasteiger partial charge is 0.202 e. The van der Waals surface area contributed by atoms with Gasteiger partial charge in [0.1, 0.15) is 17.3 Å². The molecule has 0 saturated carbocycles. The Morgan fingerprint density at radius 2 is 2.00 bits per heavy atom. The second-order valence-electron chi connectivity index (χ2n) is 7.27. The van der Waals surface area contributed by atoms with Gasteiger partial charge >= 0.3 is 0 Å². The first-order chi connectivity index (χ1) is 13.6. The van der Waals surface area contributed by atoms with Gasteiger partial charge < -0.3 is 19.2 Å². The van der Waals surface area contributed by atoms with Gasteiger partial charge in [-0.25, -0.2) is 4.98 Å². The Labute approximate surface area is 165 Å². The molecule has 2 aromatic carbocycles. The van der Waals surface area contributed by atoms with Crippen LogP contribution in [0, 0.1) is 13.8 Å². The van der Waals surface area contributed by atoms with E-state index in [4.69, 9.17) is 14.2 Å². The molecule has 1 aromatic heterocycles. The van der Waals surface area contributed by atoms with Crippen molar-refractivity contribution >= 4 is 0 Å². The van der Waals surface area contributed by atoms with E-state index >= 15 is 0 Å². The normalized spacial score (nSPS) is 21.8. The lowest BCUT2D eigenvalue weighted by molar-refractivity contribution is -0.177. The van der Waals surface area contributed by atoms with Gasteiger partial charge in [-0.1, -0.05) is 25.1 Å². The lowest BCUT2D eigenvalue weighted by atomic mass is 9.94. The zero-order valence-corrected chi connectivity index (χ0v) is 16.6. The van der Waals surface area contributed by atoms with Crippen LogP contribution in [0.5, 0.6) is 11.5 Å². The standard InChI is InChI=1S/C23H26N2O3/c1-4-18-15-26-23(28-18,14-22-24-10-11-25-22)20-12-17(3)21(13-16(20)2)27-19-8-6-5-7-9-19/h5-13,18H,4,14-15H2,1-3H3,(H,24,25). The molecule has 2 atom stereocenters. The van der Waals surface area contributed by atoms with Crippen molar-refractivity contribution in [2.75, 3.05) is 6.61 Å². The van der Waals surface area contributed by atoms with Gasteiger partial charge in [-0.15, -0.1) is 0 Å². The van der Waals surface area contributed by atoms with E-state index in [1.54, 1.807) is 6.20 Å². The number of rotatable bonds is 6. The van der Waals surface area contributed by atoms with E-state index < -0.39 is 5.79 Å². The summed E-state index contributed by atoms with van der Waals surface area (Å²) in [6, 6.07) is 14.0. The van der Waals surface area contributed by atoms with Crippen LogP contribution < -0.4 is 4.74 Å². The highest BCUT2D eigenvalue weighted by molar-refractivity contribution is 5.46. The molecule has 1 N–H and O–H groups in total. The molecular formula is C23H26N2O3. The number of aromatic amines is 1. The zero-order valence-electron chi connectivity index (χ0n) is 16.6. The molecule has 0 radical (unpaired) electrons. The van der Waals surface area contributed by atoms with Gasteiger partial charge in [0.05, 0.1) is 19.1 Å². The van der Waals surface area contributed by atoms with Gasteiger partial charge in [-0.2, -0.15) is 0 Å². The lowest BCUT2D eigenvalue weighted by Gasteiger charge is -2.30. The minimum atomic E-state index is -0.835. The number of aryl methyl sites for hydroxylation is 2. The van der Waals surface area contributed by atoms with Gasteiger partial charge in [0.2, 0.25) is 5.79 Å². The van der Waals surface area contributed by atoms with E-state index in [-0.39, 0.29) is 6.10 Å². The fourth-order valence-corrected chi connectivity index (χ4v) is 3.64. The SMILES string of the molecule is CCC1COC(Cc2ncc[nH]2)(c2cc(C)c(Oc3ccccc3)cc2C)O1. The van der Waals surface area contributed by atoms with E-state index in [9.17, 15) is 0 Å². The molecule has 1 aliphatic heterocycles. The largest absolute Gasteiger partial charge is 0.457 e. The van der Waals surface area contributed by atoms with E-state index in [1.807, 2.05) is 43.5 Å². The predicted molar refractivity (Wildman–Crippen MR) is 108 cm³/mol. The zero-order chi connectivity index (χ0) is 19.6. The second-order valence-corrected chi connectivity index (χ2v) is 7.27. The molecule has 3 aromatic rings. The first kappa shape index (κ1) is 18.7. The molecule has 1 fully saturated rings. The van der Waals surface area contributed by atoms with Gasteiger partial charge in [0.25, 0.3) is 0 Å². The summed E-state index contributed by atoms with van der Waals surface area (Å²) >= 11 is 0. The van der Waals surface area contributed by atoms with Crippen LogP contribution in [0.2, 0.25) is 0 Å². The maximum atomic E-state index is 6.43. The summed E-state index contributed by atoms with van der Waals surface area (Å²) in [7, 11) is 0. The van der Waals surface area contributed by atoms with Crippen molar-refractivity contribution in [3.63, 3.8) is 0 Å². The molecule has 146 valence electrons. The Morgan fingerprint density at radius 3 is 2.68 bits per heavy atom. The van der Waals surface area contributed by atoms with Gasteiger partial charge in [0.15, 0.2) is 0 Å². The van der Waals surface area contributed by atoms with Crippen molar-refractivity contribution in [3.05, 3.63) is 77.4 Å². The number of nitrogens with one attached hydrogen (secondary N) is 1. The molecule has 1 aliphatic rings.